The van der Waals surface area contributed by atoms with Crippen molar-refractivity contribution in [3.05, 3.63) is 24.2 Å². The fraction of sp³-hybridized carbons (Fsp3) is 0.400. The van der Waals surface area contributed by atoms with Crippen LogP contribution in [0.1, 0.15) is 25.6 Å². The van der Waals surface area contributed by atoms with Crippen molar-refractivity contribution in [2.75, 3.05) is 0 Å². The molecule has 0 atom stereocenters. The number of hydrogen-bond donors (Lipinski definition) is 1. The van der Waals surface area contributed by atoms with Crippen LogP contribution in [0.25, 0.3) is 5.65 Å². The van der Waals surface area contributed by atoms with Gasteiger partial charge in [-0.15, -0.1) is 0 Å². The highest BCUT2D eigenvalue weighted by molar-refractivity contribution is 5.42. The second-order valence-corrected chi connectivity index (χ2v) is 3.32. The van der Waals surface area contributed by atoms with Crippen LogP contribution in [0.4, 0.5) is 0 Å². The number of rotatable bonds is 3. The zero-order chi connectivity index (χ0) is 9.97. The molecule has 0 radical (unpaired) electrons. The van der Waals surface area contributed by atoms with E-state index in [1.165, 1.54) is 0 Å². The summed E-state index contributed by atoms with van der Waals surface area (Å²) in [5.74, 6) is 1.07. The van der Waals surface area contributed by atoms with Crippen molar-refractivity contribution in [2.24, 2.45) is 0 Å². The van der Waals surface area contributed by atoms with E-state index in [0.29, 0.717) is 5.65 Å². The highest BCUT2D eigenvalue weighted by atomic mass is 16.3. The Morgan fingerprint density at radius 2 is 2.36 bits per heavy atom. The second-order valence-electron chi connectivity index (χ2n) is 3.32. The molecule has 0 unspecified atom stereocenters. The van der Waals surface area contributed by atoms with Crippen molar-refractivity contribution in [3.8, 4) is 5.75 Å². The summed E-state index contributed by atoms with van der Waals surface area (Å²) in [4.78, 5) is 4.30. The van der Waals surface area contributed by atoms with Gasteiger partial charge in [-0.3, -0.25) is 0 Å². The number of fused-ring (bicyclic) bond motifs is 1. The van der Waals surface area contributed by atoms with Crippen LogP contribution < -0.4 is 0 Å². The number of aromatic nitrogens is 3. The minimum absolute atomic E-state index is 0.229. The predicted octanol–water partition coefficient (Wildman–Crippen LogP) is 1.78. The molecule has 14 heavy (non-hydrogen) atoms. The summed E-state index contributed by atoms with van der Waals surface area (Å²) in [6.45, 7) is 2.14. The van der Waals surface area contributed by atoms with Crippen molar-refractivity contribution in [1.29, 1.82) is 0 Å². The molecule has 4 heteroatoms. The quantitative estimate of drug-likeness (QED) is 0.804. The lowest BCUT2D eigenvalue weighted by molar-refractivity contribution is 0.474. The number of unbranched alkanes of at least 4 members (excludes halogenated alkanes) is 1. The Bertz CT molecular complexity index is 436. The normalized spacial score (nSPS) is 10.9. The van der Waals surface area contributed by atoms with Crippen LogP contribution >= 0.6 is 0 Å². The molecule has 0 bridgehead atoms. The van der Waals surface area contributed by atoms with Gasteiger partial charge in [-0.25, -0.2) is 9.50 Å². The minimum atomic E-state index is 0.229. The second kappa shape index (κ2) is 3.65. The van der Waals surface area contributed by atoms with Crippen molar-refractivity contribution >= 4 is 5.65 Å². The van der Waals surface area contributed by atoms with Gasteiger partial charge in [0.2, 0.25) is 0 Å². The van der Waals surface area contributed by atoms with Gasteiger partial charge in [0.25, 0.3) is 0 Å². The fourth-order valence-corrected chi connectivity index (χ4v) is 1.36. The first-order valence-corrected chi connectivity index (χ1v) is 4.84. The zero-order valence-corrected chi connectivity index (χ0v) is 8.14. The minimum Gasteiger partial charge on any atom is -0.508 e. The van der Waals surface area contributed by atoms with Crippen LogP contribution in [0.5, 0.6) is 5.75 Å². The molecule has 74 valence electrons. The summed E-state index contributed by atoms with van der Waals surface area (Å²) in [6.07, 6.45) is 4.86. The van der Waals surface area contributed by atoms with Crippen LogP contribution in [-0.2, 0) is 6.42 Å². The van der Waals surface area contributed by atoms with E-state index in [1.807, 2.05) is 0 Å². The summed E-state index contributed by atoms with van der Waals surface area (Å²) in [6, 6.07) is 3.22. The largest absolute Gasteiger partial charge is 0.508 e. The molecular formula is C10H13N3O. The van der Waals surface area contributed by atoms with Crippen molar-refractivity contribution in [3.63, 3.8) is 0 Å². The summed E-state index contributed by atoms with van der Waals surface area (Å²) < 4.78 is 1.69. The summed E-state index contributed by atoms with van der Waals surface area (Å²) in [5, 5.41) is 13.5. The molecule has 2 aromatic rings. The van der Waals surface area contributed by atoms with Gasteiger partial charge in [0.05, 0.1) is 0 Å². The molecule has 0 spiro atoms. The average molecular weight is 191 g/mol. The lowest BCUT2D eigenvalue weighted by Crippen LogP contribution is -1.89. The molecule has 0 amide bonds. The molecule has 0 aromatic carbocycles. The van der Waals surface area contributed by atoms with Crippen LogP contribution in [0, 0.1) is 0 Å². The molecule has 0 saturated carbocycles. The molecular weight excluding hydrogens is 178 g/mol. The smallest absolute Gasteiger partial charge is 0.159 e. The van der Waals surface area contributed by atoms with E-state index in [1.54, 1.807) is 22.8 Å². The highest BCUT2D eigenvalue weighted by Crippen LogP contribution is 2.11. The van der Waals surface area contributed by atoms with Gasteiger partial charge in [-0.2, -0.15) is 5.10 Å². The van der Waals surface area contributed by atoms with E-state index in [9.17, 15) is 5.11 Å². The topological polar surface area (TPSA) is 50.4 Å². The molecule has 0 saturated heterocycles. The van der Waals surface area contributed by atoms with Gasteiger partial charge in [0.15, 0.2) is 11.5 Å². The van der Waals surface area contributed by atoms with Gasteiger partial charge in [-0.1, -0.05) is 13.3 Å². The van der Waals surface area contributed by atoms with Crippen molar-refractivity contribution in [2.45, 2.75) is 26.2 Å². The number of aromatic hydroxyl groups is 1. The van der Waals surface area contributed by atoms with Crippen molar-refractivity contribution < 1.29 is 5.11 Å². The first-order chi connectivity index (χ1) is 6.79. The third-order valence-corrected chi connectivity index (χ3v) is 2.12. The molecule has 0 aliphatic carbocycles. The van der Waals surface area contributed by atoms with E-state index in [0.717, 1.165) is 25.1 Å². The first kappa shape index (κ1) is 8.99. The number of hydrogen-bond acceptors (Lipinski definition) is 3. The maximum atomic E-state index is 9.23. The number of pyridine rings is 1. The standard InChI is InChI=1S/C10H13N3O/c1-2-3-4-9-11-10-7-8(14)5-6-13(10)12-9/h5-7,14H,2-4H2,1H3. The molecule has 0 fully saturated rings. The molecule has 2 aromatic heterocycles. The molecule has 4 nitrogen and oxygen atoms in total. The fourth-order valence-electron chi connectivity index (χ4n) is 1.36. The third kappa shape index (κ3) is 1.69. The predicted molar refractivity (Wildman–Crippen MR) is 53.3 cm³/mol. The lowest BCUT2D eigenvalue weighted by atomic mass is 10.2. The molecule has 1 N–H and O–H groups in total. The van der Waals surface area contributed by atoms with E-state index in [-0.39, 0.29) is 5.75 Å². The first-order valence-electron chi connectivity index (χ1n) is 4.84. The lowest BCUT2D eigenvalue weighted by Gasteiger charge is -1.90. The summed E-state index contributed by atoms with van der Waals surface area (Å²) in [7, 11) is 0. The Hall–Kier alpha value is -1.58. The Labute approximate surface area is 82.2 Å². The maximum Gasteiger partial charge on any atom is 0.159 e. The van der Waals surface area contributed by atoms with Gasteiger partial charge < -0.3 is 5.11 Å². The van der Waals surface area contributed by atoms with E-state index in [4.69, 9.17) is 0 Å². The third-order valence-electron chi connectivity index (χ3n) is 2.12. The molecule has 0 aliphatic rings. The summed E-state index contributed by atoms with van der Waals surface area (Å²) >= 11 is 0. The SMILES string of the molecule is CCCCc1nc2cc(O)ccn2n1. The van der Waals surface area contributed by atoms with Crippen LogP contribution in [0.15, 0.2) is 18.3 Å². The van der Waals surface area contributed by atoms with E-state index in [2.05, 4.69) is 17.0 Å². The number of aryl methyl sites for hydroxylation is 1. The molecule has 2 heterocycles. The van der Waals surface area contributed by atoms with E-state index >= 15 is 0 Å². The average Bonchev–Trinajstić information content (AvgIpc) is 2.56. The Morgan fingerprint density at radius 3 is 3.14 bits per heavy atom. The van der Waals surface area contributed by atoms with Gasteiger partial charge in [0, 0.05) is 18.7 Å². The Morgan fingerprint density at radius 1 is 1.50 bits per heavy atom. The van der Waals surface area contributed by atoms with Crippen LogP contribution in [0.3, 0.4) is 0 Å². The van der Waals surface area contributed by atoms with Gasteiger partial charge in [-0.05, 0) is 12.5 Å². The zero-order valence-electron chi connectivity index (χ0n) is 8.14. The molecule has 0 aliphatic heterocycles. The maximum absolute atomic E-state index is 9.23. The Balaban J connectivity index is 2.32. The number of nitrogens with zero attached hydrogens (tertiary/aromatic N) is 3. The monoisotopic (exact) mass is 191 g/mol. The van der Waals surface area contributed by atoms with E-state index < -0.39 is 0 Å². The highest BCUT2D eigenvalue weighted by Gasteiger charge is 2.02. The van der Waals surface area contributed by atoms with Crippen LogP contribution in [-0.4, -0.2) is 19.7 Å². The molecule has 2 rings (SSSR count). The summed E-state index contributed by atoms with van der Waals surface area (Å²) in [5.41, 5.74) is 0.705. The van der Waals surface area contributed by atoms with Crippen molar-refractivity contribution in [1.82, 2.24) is 14.6 Å². The van der Waals surface area contributed by atoms with Gasteiger partial charge in [0.1, 0.15) is 5.75 Å². The Kier molecular flexibility index (Phi) is 2.35. The van der Waals surface area contributed by atoms with Crippen LogP contribution in [0.2, 0.25) is 0 Å². The van der Waals surface area contributed by atoms with Gasteiger partial charge >= 0.3 is 0 Å².